The minimum Gasteiger partial charge on any atom is -0.387 e. The summed E-state index contributed by atoms with van der Waals surface area (Å²) in [6, 6.07) is 8.79. The first kappa shape index (κ1) is 47.6. The van der Waals surface area contributed by atoms with Crippen LogP contribution in [0.15, 0.2) is 36.7 Å². The highest BCUT2D eigenvalue weighted by atomic mass is 31.2. The third-order valence-electron chi connectivity index (χ3n) is 11.1. The second-order valence-corrected chi connectivity index (χ2v) is 17.3. The number of hydrogen-bond acceptors (Lipinski definition) is 12. The second kappa shape index (κ2) is 24.3. The Hall–Kier alpha value is -3.03. The Morgan fingerprint density at radius 1 is 0.983 bits per heavy atom. The van der Waals surface area contributed by atoms with Crippen molar-refractivity contribution < 1.29 is 42.6 Å². The van der Waals surface area contributed by atoms with Gasteiger partial charge in [0.25, 0.3) is 0 Å². The van der Waals surface area contributed by atoms with E-state index in [0.717, 1.165) is 25.3 Å². The maximum atomic E-state index is 14.2. The smallest absolute Gasteiger partial charge is 0.387 e. The van der Waals surface area contributed by atoms with E-state index in [1.165, 1.54) is 100 Å². The Morgan fingerprint density at radius 3 is 2.22 bits per heavy atom. The van der Waals surface area contributed by atoms with E-state index in [4.69, 9.17) is 24.3 Å². The Bertz CT molecular complexity index is 1760. The van der Waals surface area contributed by atoms with Gasteiger partial charge in [0.05, 0.1) is 43.2 Å². The van der Waals surface area contributed by atoms with Crippen molar-refractivity contribution in [2.24, 2.45) is 0 Å². The zero-order valence-electron chi connectivity index (χ0n) is 34.6. The highest BCUT2D eigenvalue weighted by Crippen LogP contribution is 2.46. The van der Waals surface area contributed by atoms with Gasteiger partial charge in [0.15, 0.2) is 5.82 Å². The van der Waals surface area contributed by atoms with Gasteiger partial charge >= 0.3 is 7.82 Å². The highest BCUT2D eigenvalue weighted by molar-refractivity contribution is 7.47. The number of phosphoric acid groups is 1. The number of rotatable bonds is 29. The molecule has 2 aromatic heterocycles. The number of ether oxygens (including phenoxy) is 2. The quantitative estimate of drug-likeness (QED) is 0.0395. The van der Waals surface area contributed by atoms with Crippen molar-refractivity contribution in [2.45, 2.75) is 153 Å². The summed E-state index contributed by atoms with van der Waals surface area (Å²) in [6.07, 6.45) is 17.5. The van der Waals surface area contributed by atoms with Crippen LogP contribution in [0.3, 0.4) is 0 Å². The molecule has 0 spiro atoms. The number of aliphatic hydroxyl groups excluding tert-OH is 2. The van der Waals surface area contributed by atoms with Gasteiger partial charge in [0, 0.05) is 13.2 Å². The average Bonchev–Trinajstić information content (AvgIpc) is 3.74. The lowest BCUT2D eigenvalue weighted by molar-refractivity contribution is -0.0891. The van der Waals surface area contributed by atoms with E-state index in [2.05, 4.69) is 17.0 Å². The van der Waals surface area contributed by atoms with Gasteiger partial charge in [-0.25, -0.2) is 18.5 Å². The van der Waals surface area contributed by atoms with Crippen molar-refractivity contribution in [3.05, 3.63) is 59.3 Å². The van der Waals surface area contributed by atoms with Crippen LogP contribution in [0.5, 0.6) is 0 Å². The molecule has 0 saturated carbocycles. The maximum Gasteiger partial charge on any atom is 0.472 e. The van der Waals surface area contributed by atoms with Crippen LogP contribution in [0.4, 0.5) is 10.2 Å². The van der Waals surface area contributed by atoms with E-state index in [-0.39, 0.29) is 31.1 Å². The fraction of sp³-hybridized carbons (Fsp3) is 0.690. The number of halogens is 1. The lowest BCUT2D eigenvalue weighted by Crippen LogP contribution is -2.39. The molecule has 1 aromatic carbocycles. The molecule has 1 unspecified atom stereocenters. The normalized spacial score (nSPS) is 21.1. The number of aromatic nitrogens is 3. The standard InChI is InChI=1S/C42H66FN6O8P/c1-4-5-6-7-8-9-10-11-12-13-14-15-16-17-18-19-22-54-28-35(48(3)27-33-23-32(26-44)24-34(43)25-33)29-55-58(52,53)56-30-37-39(50)40(51)42(2,57-37)38-21-20-36-41(45)46-31-47-49(36)38/h20-21,23-25,31,35,37,39-40,50-51H,4-19,22,27-30H2,1-3H3,(H,52,53)(H2,45,46,47)/t35-,37-,39-,40-,42+/m1/s1. The molecule has 6 atom stereocenters. The van der Waals surface area contributed by atoms with Gasteiger partial charge in [0.1, 0.15) is 41.6 Å². The first-order chi connectivity index (χ1) is 27.9. The van der Waals surface area contributed by atoms with Crippen molar-refractivity contribution in [2.75, 3.05) is 39.2 Å². The van der Waals surface area contributed by atoms with E-state index >= 15 is 0 Å². The molecule has 0 amide bonds. The van der Waals surface area contributed by atoms with Crippen LogP contribution in [0.1, 0.15) is 133 Å². The van der Waals surface area contributed by atoms with Crippen molar-refractivity contribution in [1.82, 2.24) is 19.5 Å². The van der Waals surface area contributed by atoms with Crippen LogP contribution >= 0.6 is 7.82 Å². The number of likely N-dealkylation sites (N-methyl/N-ethyl adjacent to an activating group) is 1. The maximum absolute atomic E-state index is 14.2. The van der Waals surface area contributed by atoms with Gasteiger partial charge in [-0.2, -0.15) is 10.4 Å². The molecule has 3 aromatic rings. The Kier molecular flexibility index (Phi) is 19.9. The zero-order valence-corrected chi connectivity index (χ0v) is 35.5. The number of aliphatic hydroxyl groups is 2. The van der Waals surface area contributed by atoms with Crippen LogP contribution in [-0.2, 0) is 35.2 Å². The van der Waals surface area contributed by atoms with Gasteiger partial charge in [-0.15, -0.1) is 0 Å². The number of fused-ring (bicyclic) bond motifs is 1. The van der Waals surface area contributed by atoms with Crippen molar-refractivity contribution in [1.29, 1.82) is 5.26 Å². The first-order valence-corrected chi connectivity index (χ1v) is 22.6. The number of nitrogens with two attached hydrogens (primary N) is 1. The molecule has 16 heteroatoms. The predicted octanol–water partition coefficient (Wildman–Crippen LogP) is 7.57. The number of nitriles is 1. The monoisotopic (exact) mass is 832 g/mol. The molecule has 1 aliphatic rings. The molecular formula is C42H66FN6O8P. The third kappa shape index (κ3) is 14.6. The largest absolute Gasteiger partial charge is 0.472 e. The molecular weight excluding hydrogens is 766 g/mol. The Morgan fingerprint density at radius 2 is 1.60 bits per heavy atom. The predicted molar refractivity (Wildman–Crippen MR) is 220 cm³/mol. The van der Waals surface area contributed by atoms with E-state index in [1.54, 1.807) is 37.1 Å². The molecule has 5 N–H and O–H groups in total. The fourth-order valence-electron chi connectivity index (χ4n) is 7.54. The van der Waals surface area contributed by atoms with Crippen LogP contribution in [0.25, 0.3) is 5.52 Å². The zero-order chi connectivity index (χ0) is 42.0. The summed E-state index contributed by atoms with van der Waals surface area (Å²) < 4.78 is 51.6. The molecule has 0 aliphatic carbocycles. The number of nitrogens with zero attached hydrogens (tertiary/aromatic N) is 5. The number of benzene rings is 1. The van der Waals surface area contributed by atoms with E-state index in [0.29, 0.717) is 23.4 Å². The number of hydrogen-bond donors (Lipinski definition) is 4. The number of unbranched alkanes of at least 4 members (excludes halogenated alkanes) is 15. The third-order valence-corrected chi connectivity index (χ3v) is 12.0. The molecule has 3 heterocycles. The Balaban J connectivity index is 1.21. The van der Waals surface area contributed by atoms with E-state index < -0.39 is 50.2 Å². The number of phosphoric ester groups is 1. The first-order valence-electron chi connectivity index (χ1n) is 21.1. The van der Waals surface area contributed by atoms with Crippen molar-refractivity contribution in [3.63, 3.8) is 0 Å². The Labute approximate surface area is 343 Å². The molecule has 14 nitrogen and oxygen atoms in total. The number of anilines is 1. The molecule has 1 aliphatic heterocycles. The molecule has 324 valence electrons. The van der Waals surface area contributed by atoms with Crippen molar-refractivity contribution >= 4 is 19.2 Å². The average molecular weight is 833 g/mol. The second-order valence-electron chi connectivity index (χ2n) is 15.8. The number of nitrogen functional groups attached to an aromatic ring is 1. The van der Waals surface area contributed by atoms with E-state index in [9.17, 15) is 29.3 Å². The molecule has 1 fully saturated rings. The minimum atomic E-state index is -4.71. The van der Waals surface area contributed by atoms with Gasteiger partial charge in [-0.1, -0.05) is 103 Å². The van der Waals surface area contributed by atoms with Crippen LogP contribution in [0.2, 0.25) is 0 Å². The van der Waals surface area contributed by atoms with Gasteiger partial charge in [0.2, 0.25) is 0 Å². The summed E-state index contributed by atoms with van der Waals surface area (Å²) in [4.78, 5) is 16.5. The SMILES string of the molecule is CCCCCCCCCCCCCCCCCCOC[C@H](COP(=O)(O)OC[C@H]1O[C@@](C)(c2ccc3c(N)ncnn23)[C@H](O)[C@@H]1O)N(C)Cc1cc(F)cc(C#N)c1. The summed E-state index contributed by atoms with van der Waals surface area (Å²) in [5.41, 5.74) is 6.08. The van der Waals surface area contributed by atoms with Crippen LogP contribution in [-0.4, -0.2) is 92.4 Å². The van der Waals surface area contributed by atoms with Crippen LogP contribution in [0, 0.1) is 17.1 Å². The van der Waals surface area contributed by atoms with Gasteiger partial charge in [-0.05, 0) is 56.3 Å². The summed E-state index contributed by atoms with van der Waals surface area (Å²) in [6.45, 7) is 3.84. The van der Waals surface area contributed by atoms with Crippen molar-refractivity contribution in [3.8, 4) is 6.07 Å². The summed E-state index contributed by atoms with van der Waals surface area (Å²) in [7, 11) is -2.96. The lowest BCUT2D eigenvalue weighted by atomic mass is 9.93. The van der Waals surface area contributed by atoms with Gasteiger partial charge < -0.3 is 30.3 Å². The molecule has 0 bridgehead atoms. The van der Waals surface area contributed by atoms with Gasteiger partial charge in [-0.3, -0.25) is 13.9 Å². The molecule has 1 saturated heterocycles. The summed E-state index contributed by atoms with van der Waals surface area (Å²) in [5, 5.41) is 35.4. The van der Waals surface area contributed by atoms with E-state index in [1.807, 2.05) is 6.07 Å². The lowest BCUT2D eigenvalue weighted by Gasteiger charge is -2.29. The van der Waals surface area contributed by atoms with Crippen LogP contribution < -0.4 is 5.73 Å². The fourth-order valence-corrected chi connectivity index (χ4v) is 8.31. The minimum absolute atomic E-state index is 0.157. The summed E-state index contributed by atoms with van der Waals surface area (Å²) >= 11 is 0. The topological polar surface area (TPSA) is 198 Å². The summed E-state index contributed by atoms with van der Waals surface area (Å²) in [5.74, 6) is -0.322. The molecule has 4 rings (SSSR count). The highest BCUT2D eigenvalue weighted by Gasteiger charge is 2.54. The molecule has 0 radical (unpaired) electrons. The molecule has 58 heavy (non-hydrogen) atoms.